The molecule has 0 spiro atoms. The fraction of sp³-hybridized carbons (Fsp3) is 0.429. The van der Waals surface area contributed by atoms with E-state index in [1.54, 1.807) is 6.20 Å². The lowest BCUT2D eigenvalue weighted by Gasteiger charge is -2.17. The average molecular weight is 354 g/mol. The van der Waals surface area contributed by atoms with Crippen molar-refractivity contribution in [2.45, 2.75) is 45.4 Å². The quantitative estimate of drug-likeness (QED) is 0.540. The highest BCUT2D eigenvalue weighted by Gasteiger charge is 2.25. The summed E-state index contributed by atoms with van der Waals surface area (Å²) in [4.78, 5) is 16.1. The molecule has 0 saturated carbocycles. The zero-order chi connectivity index (χ0) is 18.7. The molecule has 0 unspecified atom stereocenters. The van der Waals surface area contributed by atoms with Gasteiger partial charge in [0.05, 0.1) is 24.6 Å². The lowest BCUT2D eigenvalue weighted by Crippen LogP contribution is -2.01. The maximum Gasteiger partial charge on any atom is 0.337 e. The largest absolute Gasteiger partial charge is 0.465 e. The van der Waals surface area contributed by atoms with Crippen LogP contribution in [0.4, 0.5) is 0 Å². The molecule has 138 valence electrons. The Balaban J connectivity index is 2.28. The van der Waals surface area contributed by atoms with Crippen LogP contribution in [0.25, 0.3) is 22.4 Å². The third-order valence-corrected chi connectivity index (χ3v) is 5.01. The summed E-state index contributed by atoms with van der Waals surface area (Å²) >= 11 is 0. The van der Waals surface area contributed by atoms with E-state index in [-0.39, 0.29) is 5.97 Å². The topological polar surface area (TPSA) is 57.3 Å². The van der Waals surface area contributed by atoms with Crippen LogP contribution >= 0.6 is 0 Å². The van der Waals surface area contributed by atoms with Crippen LogP contribution in [-0.4, -0.2) is 22.6 Å². The van der Waals surface area contributed by atoms with Gasteiger partial charge in [-0.05, 0) is 36.5 Å². The number of hydrogen-bond acceptors (Lipinski definition) is 4. The van der Waals surface area contributed by atoms with Gasteiger partial charge in [0.2, 0.25) is 0 Å². The Morgan fingerprint density at radius 3 is 2.58 bits per heavy atom. The summed E-state index contributed by atoms with van der Waals surface area (Å²) < 4.78 is 12.6. The van der Waals surface area contributed by atoms with Crippen molar-refractivity contribution in [3.63, 3.8) is 0 Å². The Labute approximate surface area is 154 Å². The third kappa shape index (κ3) is 3.14. The standard InChI is InChI=1S/C21H26N2O3/c1-5-7-14(8-6-2)19-16-10-9-15(21(24)25-4)11-17(16)23(3)20(19)18-12-22-13-26-18/h9-14H,5-8H2,1-4H3. The van der Waals surface area contributed by atoms with E-state index in [9.17, 15) is 4.79 Å². The maximum absolute atomic E-state index is 12.0. The molecule has 2 heterocycles. The normalized spacial score (nSPS) is 11.4. The van der Waals surface area contributed by atoms with Crippen molar-refractivity contribution in [1.29, 1.82) is 0 Å². The minimum atomic E-state index is -0.325. The molecule has 3 rings (SSSR count). The number of fused-ring (bicyclic) bond motifs is 1. The molecule has 0 amide bonds. The van der Waals surface area contributed by atoms with Crippen molar-refractivity contribution in [2.24, 2.45) is 7.05 Å². The monoisotopic (exact) mass is 354 g/mol. The van der Waals surface area contributed by atoms with Crippen molar-refractivity contribution in [1.82, 2.24) is 9.55 Å². The van der Waals surface area contributed by atoms with Crippen LogP contribution in [-0.2, 0) is 11.8 Å². The molecule has 0 aliphatic carbocycles. The minimum Gasteiger partial charge on any atom is -0.465 e. The molecule has 0 aliphatic rings. The molecule has 0 aliphatic heterocycles. The molecular weight excluding hydrogens is 328 g/mol. The van der Waals surface area contributed by atoms with Gasteiger partial charge in [0, 0.05) is 18.0 Å². The highest BCUT2D eigenvalue weighted by Crippen LogP contribution is 2.41. The zero-order valence-electron chi connectivity index (χ0n) is 15.9. The fourth-order valence-electron chi connectivity index (χ4n) is 3.88. The first-order valence-electron chi connectivity index (χ1n) is 9.21. The van der Waals surface area contributed by atoms with Gasteiger partial charge in [-0.25, -0.2) is 9.78 Å². The number of aromatic nitrogens is 2. The Hall–Kier alpha value is -2.56. The van der Waals surface area contributed by atoms with E-state index < -0.39 is 0 Å². The first-order valence-corrected chi connectivity index (χ1v) is 9.21. The first-order chi connectivity index (χ1) is 12.6. The van der Waals surface area contributed by atoms with E-state index in [4.69, 9.17) is 9.15 Å². The predicted octanol–water partition coefficient (Wildman–Crippen LogP) is 5.30. The number of ether oxygens (including phenoxy) is 1. The van der Waals surface area contributed by atoms with E-state index in [0.717, 1.165) is 42.7 Å². The van der Waals surface area contributed by atoms with E-state index in [1.807, 2.05) is 25.2 Å². The Morgan fingerprint density at radius 2 is 2.00 bits per heavy atom. The van der Waals surface area contributed by atoms with Gasteiger partial charge in [0.1, 0.15) is 0 Å². The molecular formula is C21H26N2O3. The summed E-state index contributed by atoms with van der Waals surface area (Å²) in [7, 11) is 3.42. The minimum absolute atomic E-state index is 0.325. The number of aryl methyl sites for hydroxylation is 1. The SMILES string of the molecule is CCCC(CCC)c1c(-c2cnco2)n(C)c2cc(C(=O)OC)ccc12. The number of nitrogens with zero attached hydrogens (tertiary/aromatic N) is 2. The van der Waals surface area contributed by atoms with Gasteiger partial charge in [-0.2, -0.15) is 0 Å². The van der Waals surface area contributed by atoms with Gasteiger partial charge < -0.3 is 13.7 Å². The summed E-state index contributed by atoms with van der Waals surface area (Å²) in [5, 5.41) is 1.17. The van der Waals surface area contributed by atoms with Gasteiger partial charge in [0.25, 0.3) is 0 Å². The molecule has 0 fully saturated rings. The summed E-state index contributed by atoms with van der Waals surface area (Å²) in [6.45, 7) is 4.44. The predicted molar refractivity (Wildman–Crippen MR) is 102 cm³/mol. The highest BCUT2D eigenvalue weighted by atomic mass is 16.5. The van der Waals surface area contributed by atoms with Crippen LogP contribution in [0.15, 0.2) is 35.2 Å². The Morgan fingerprint density at radius 1 is 1.27 bits per heavy atom. The lowest BCUT2D eigenvalue weighted by molar-refractivity contribution is 0.0601. The summed E-state index contributed by atoms with van der Waals surface area (Å²) in [5.41, 5.74) is 3.90. The number of hydrogen-bond donors (Lipinski definition) is 0. The van der Waals surface area contributed by atoms with Crippen molar-refractivity contribution >= 4 is 16.9 Å². The van der Waals surface area contributed by atoms with Crippen LogP contribution in [0.1, 0.15) is 61.4 Å². The smallest absolute Gasteiger partial charge is 0.337 e. The van der Waals surface area contributed by atoms with Crippen molar-refractivity contribution in [2.75, 3.05) is 7.11 Å². The van der Waals surface area contributed by atoms with Crippen LogP contribution in [0, 0.1) is 0 Å². The van der Waals surface area contributed by atoms with E-state index >= 15 is 0 Å². The van der Waals surface area contributed by atoms with Crippen molar-refractivity contribution in [3.8, 4) is 11.5 Å². The molecule has 5 nitrogen and oxygen atoms in total. The molecule has 0 bridgehead atoms. The average Bonchev–Trinajstić information content (AvgIpc) is 3.27. The second-order valence-electron chi connectivity index (χ2n) is 6.68. The highest BCUT2D eigenvalue weighted by molar-refractivity contribution is 5.98. The molecule has 0 saturated heterocycles. The molecule has 5 heteroatoms. The van der Waals surface area contributed by atoms with Crippen LogP contribution in [0.5, 0.6) is 0 Å². The fourth-order valence-corrected chi connectivity index (χ4v) is 3.88. The number of carbonyl (C=O) groups is 1. The van der Waals surface area contributed by atoms with E-state index in [0.29, 0.717) is 11.5 Å². The van der Waals surface area contributed by atoms with E-state index in [1.165, 1.54) is 24.5 Å². The molecule has 1 aromatic carbocycles. The van der Waals surface area contributed by atoms with Gasteiger partial charge in [0.15, 0.2) is 12.2 Å². The van der Waals surface area contributed by atoms with Crippen LogP contribution in [0.3, 0.4) is 0 Å². The maximum atomic E-state index is 12.0. The number of esters is 1. The summed E-state index contributed by atoms with van der Waals surface area (Å²) in [6.07, 6.45) is 7.70. The molecule has 0 atom stereocenters. The summed E-state index contributed by atoms with van der Waals surface area (Å²) in [6, 6.07) is 5.78. The van der Waals surface area contributed by atoms with Crippen LogP contribution < -0.4 is 0 Å². The number of rotatable bonds is 7. The van der Waals surface area contributed by atoms with Gasteiger partial charge >= 0.3 is 5.97 Å². The van der Waals surface area contributed by atoms with E-state index in [2.05, 4.69) is 23.4 Å². The van der Waals surface area contributed by atoms with Crippen molar-refractivity contribution < 1.29 is 13.9 Å². The third-order valence-electron chi connectivity index (χ3n) is 5.01. The summed E-state index contributed by atoms with van der Waals surface area (Å²) in [5.74, 6) is 0.878. The van der Waals surface area contributed by atoms with Gasteiger partial charge in [-0.3, -0.25) is 0 Å². The van der Waals surface area contributed by atoms with Gasteiger partial charge in [-0.1, -0.05) is 32.8 Å². The molecule has 26 heavy (non-hydrogen) atoms. The number of carbonyl (C=O) groups excluding carboxylic acids is 1. The lowest BCUT2D eigenvalue weighted by atomic mass is 9.87. The zero-order valence-corrected chi connectivity index (χ0v) is 15.9. The molecule has 3 aromatic rings. The Bertz CT molecular complexity index is 888. The van der Waals surface area contributed by atoms with Crippen molar-refractivity contribution in [3.05, 3.63) is 41.9 Å². The number of benzene rings is 1. The second kappa shape index (κ2) is 7.77. The van der Waals surface area contributed by atoms with Gasteiger partial charge in [-0.15, -0.1) is 0 Å². The first kappa shape index (κ1) is 18.2. The Kier molecular flexibility index (Phi) is 5.45. The molecule has 0 radical (unpaired) electrons. The second-order valence-corrected chi connectivity index (χ2v) is 6.68. The molecule has 2 aromatic heterocycles. The molecule has 0 N–H and O–H groups in total. The number of methoxy groups -OCH3 is 1. The number of oxazole rings is 1. The van der Waals surface area contributed by atoms with Crippen LogP contribution in [0.2, 0.25) is 0 Å².